The van der Waals surface area contributed by atoms with Crippen LogP contribution < -0.4 is 4.74 Å². The van der Waals surface area contributed by atoms with Crippen molar-refractivity contribution in [3.05, 3.63) is 59.7 Å². The van der Waals surface area contributed by atoms with Crippen LogP contribution in [0.15, 0.2) is 43.0 Å². The average molecular weight is 324 g/mol. The minimum Gasteiger partial charge on any atom is -0.507 e. The number of carbonyl (C=O) groups is 1. The molecule has 0 aliphatic rings. The molecule has 0 unspecified atom stereocenters. The third kappa shape index (κ3) is 3.51. The van der Waals surface area contributed by atoms with Gasteiger partial charge in [0.25, 0.3) is 0 Å². The van der Waals surface area contributed by atoms with Gasteiger partial charge in [-0.1, -0.05) is 51.6 Å². The molecule has 3 heteroatoms. The molecule has 0 bridgehead atoms. The number of benzene rings is 2. The Morgan fingerprint density at radius 1 is 1.17 bits per heavy atom. The van der Waals surface area contributed by atoms with Crippen molar-refractivity contribution in [2.24, 2.45) is 0 Å². The molecule has 2 aromatic rings. The predicted octanol–water partition coefficient (Wildman–Crippen LogP) is 5.06. The Balaban J connectivity index is 2.83. The molecule has 126 valence electrons. The molecule has 0 aliphatic heterocycles. The lowest BCUT2D eigenvalue weighted by molar-refractivity contribution is -0.129. The summed E-state index contributed by atoms with van der Waals surface area (Å²) in [5.41, 5.74) is 3.85. The topological polar surface area (TPSA) is 46.5 Å². The SMILES string of the molecule is C=CC(=O)Oc1c(-c2cccc(C)c2O)cc(C)cc1C(C)(C)C. The third-order valence-corrected chi connectivity index (χ3v) is 3.94. The molecule has 0 spiro atoms. The summed E-state index contributed by atoms with van der Waals surface area (Å²) < 4.78 is 5.59. The van der Waals surface area contributed by atoms with Crippen LogP contribution in [0.3, 0.4) is 0 Å². The summed E-state index contributed by atoms with van der Waals surface area (Å²) in [6, 6.07) is 9.49. The predicted molar refractivity (Wildman–Crippen MR) is 97.5 cm³/mol. The van der Waals surface area contributed by atoms with Crippen LogP contribution in [0.25, 0.3) is 11.1 Å². The lowest BCUT2D eigenvalue weighted by Crippen LogP contribution is -2.16. The number of hydrogen-bond acceptors (Lipinski definition) is 3. The lowest BCUT2D eigenvalue weighted by Gasteiger charge is -2.25. The fourth-order valence-corrected chi connectivity index (χ4v) is 2.66. The average Bonchev–Trinajstić information content (AvgIpc) is 2.50. The number of esters is 1. The van der Waals surface area contributed by atoms with E-state index in [2.05, 4.69) is 27.4 Å². The largest absolute Gasteiger partial charge is 0.507 e. The number of phenolic OH excluding ortho intramolecular Hbond substituents is 1. The fraction of sp³-hybridized carbons (Fsp3) is 0.286. The van der Waals surface area contributed by atoms with Crippen molar-refractivity contribution in [2.45, 2.75) is 40.0 Å². The van der Waals surface area contributed by atoms with Crippen LogP contribution in [0.5, 0.6) is 11.5 Å². The van der Waals surface area contributed by atoms with Gasteiger partial charge in [0, 0.05) is 22.8 Å². The Morgan fingerprint density at radius 2 is 1.83 bits per heavy atom. The fourth-order valence-electron chi connectivity index (χ4n) is 2.66. The number of ether oxygens (including phenoxy) is 1. The summed E-state index contributed by atoms with van der Waals surface area (Å²) in [4.78, 5) is 11.9. The highest BCUT2D eigenvalue weighted by Gasteiger charge is 2.25. The first-order chi connectivity index (χ1) is 11.1. The summed E-state index contributed by atoms with van der Waals surface area (Å²) in [6.07, 6.45) is 1.15. The van der Waals surface area contributed by atoms with E-state index in [1.807, 2.05) is 44.2 Å². The molecule has 0 aliphatic carbocycles. The van der Waals surface area contributed by atoms with Gasteiger partial charge in [-0.15, -0.1) is 0 Å². The molecule has 0 radical (unpaired) electrons. The molecule has 1 N–H and O–H groups in total. The molecule has 24 heavy (non-hydrogen) atoms. The number of rotatable bonds is 3. The second kappa shape index (κ2) is 6.52. The summed E-state index contributed by atoms with van der Waals surface area (Å²) in [5, 5.41) is 10.5. The van der Waals surface area contributed by atoms with Crippen molar-refractivity contribution in [3.63, 3.8) is 0 Å². The van der Waals surface area contributed by atoms with Gasteiger partial charge in [0.05, 0.1) is 0 Å². The van der Waals surface area contributed by atoms with Gasteiger partial charge in [0.15, 0.2) is 0 Å². The van der Waals surface area contributed by atoms with E-state index in [4.69, 9.17) is 4.74 Å². The molecule has 0 heterocycles. The summed E-state index contributed by atoms with van der Waals surface area (Å²) >= 11 is 0. The first-order valence-corrected chi connectivity index (χ1v) is 7.93. The maximum absolute atomic E-state index is 11.9. The second-order valence-electron chi connectivity index (χ2n) is 7.04. The zero-order valence-corrected chi connectivity index (χ0v) is 14.9. The Morgan fingerprint density at radius 3 is 2.42 bits per heavy atom. The molecule has 0 saturated carbocycles. The molecule has 0 saturated heterocycles. The lowest BCUT2D eigenvalue weighted by atomic mass is 9.83. The van der Waals surface area contributed by atoms with Crippen LogP contribution in [-0.4, -0.2) is 11.1 Å². The smallest absolute Gasteiger partial charge is 0.335 e. The zero-order chi connectivity index (χ0) is 18.1. The van der Waals surface area contributed by atoms with Crippen LogP contribution in [-0.2, 0) is 10.2 Å². The molecular weight excluding hydrogens is 300 g/mol. The van der Waals surface area contributed by atoms with Crippen molar-refractivity contribution in [1.29, 1.82) is 0 Å². The number of para-hydroxylation sites is 1. The van der Waals surface area contributed by atoms with Gasteiger partial charge in [-0.25, -0.2) is 4.79 Å². The molecule has 0 fully saturated rings. The molecule has 3 nitrogen and oxygen atoms in total. The number of aromatic hydroxyl groups is 1. The molecule has 0 aromatic heterocycles. The van der Waals surface area contributed by atoms with E-state index < -0.39 is 5.97 Å². The number of hydrogen-bond donors (Lipinski definition) is 1. The van der Waals surface area contributed by atoms with Crippen molar-refractivity contribution < 1.29 is 14.6 Å². The second-order valence-corrected chi connectivity index (χ2v) is 7.04. The maximum Gasteiger partial charge on any atom is 0.335 e. The summed E-state index contributed by atoms with van der Waals surface area (Å²) in [5.74, 6) is 0.149. The van der Waals surface area contributed by atoms with Gasteiger partial charge in [-0.2, -0.15) is 0 Å². The zero-order valence-electron chi connectivity index (χ0n) is 14.9. The minimum atomic E-state index is -0.516. The van der Waals surface area contributed by atoms with E-state index in [9.17, 15) is 9.90 Å². The van der Waals surface area contributed by atoms with Gasteiger partial charge in [0.2, 0.25) is 0 Å². The highest BCUT2D eigenvalue weighted by atomic mass is 16.5. The molecule has 2 aromatic carbocycles. The third-order valence-electron chi connectivity index (χ3n) is 3.94. The minimum absolute atomic E-state index is 0.193. The van der Waals surface area contributed by atoms with Gasteiger partial charge >= 0.3 is 5.97 Å². The number of aryl methyl sites for hydroxylation is 2. The van der Waals surface area contributed by atoms with Gasteiger partial charge in [-0.3, -0.25) is 0 Å². The van der Waals surface area contributed by atoms with E-state index in [0.717, 1.165) is 22.8 Å². The van der Waals surface area contributed by atoms with Gasteiger partial charge in [-0.05, 0) is 36.5 Å². The van der Waals surface area contributed by atoms with Crippen molar-refractivity contribution in [2.75, 3.05) is 0 Å². The van der Waals surface area contributed by atoms with Crippen LogP contribution in [0.1, 0.15) is 37.5 Å². The Labute approximate surface area is 143 Å². The summed E-state index contributed by atoms with van der Waals surface area (Å²) in [7, 11) is 0. The highest BCUT2D eigenvalue weighted by molar-refractivity contribution is 5.87. The Bertz CT molecular complexity index is 795. The Kier molecular flexibility index (Phi) is 4.83. The quantitative estimate of drug-likeness (QED) is 0.487. The van der Waals surface area contributed by atoms with Gasteiger partial charge in [0.1, 0.15) is 11.5 Å². The molecule has 2 rings (SSSR count). The van der Waals surface area contributed by atoms with Crippen LogP contribution in [0.2, 0.25) is 0 Å². The van der Waals surface area contributed by atoms with Crippen LogP contribution >= 0.6 is 0 Å². The maximum atomic E-state index is 11.9. The van der Waals surface area contributed by atoms with E-state index >= 15 is 0 Å². The van der Waals surface area contributed by atoms with E-state index in [1.165, 1.54) is 0 Å². The number of carbonyl (C=O) groups excluding carboxylic acids is 1. The standard InChI is InChI=1S/C21H24O3/c1-7-18(22)24-20-16(15-10-8-9-14(3)19(15)23)11-13(2)12-17(20)21(4,5)6/h7-12,23H,1H2,2-6H3. The Hall–Kier alpha value is -2.55. The molecule has 0 atom stereocenters. The number of phenols is 1. The normalized spacial score (nSPS) is 11.2. The van der Waals surface area contributed by atoms with Crippen molar-refractivity contribution >= 4 is 5.97 Å². The van der Waals surface area contributed by atoms with E-state index in [0.29, 0.717) is 16.9 Å². The first-order valence-electron chi connectivity index (χ1n) is 7.93. The summed E-state index contributed by atoms with van der Waals surface area (Å²) in [6.45, 7) is 13.5. The highest BCUT2D eigenvalue weighted by Crippen LogP contribution is 2.43. The van der Waals surface area contributed by atoms with E-state index in [-0.39, 0.29) is 11.2 Å². The monoisotopic (exact) mass is 324 g/mol. The van der Waals surface area contributed by atoms with E-state index in [1.54, 1.807) is 0 Å². The first kappa shape index (κ1) is 17.8. The molecular formula is C21H24O3. The van der Waals surface area contributed by atoms with Crippen molar-refractivity contribution in [1.82, 2.24) is 0 Å². The molecule has 0 amide bonds. The van der Waals surface area contributed by atoms with Crippen LogP contribution in [0.4, 0.5) is 0 Å². The van der Waals surface area contributed by atoms with Crippen molar-refractivity contribution in [3.8, 4) is 22.6 Å². The van der Waals surface area contributed by atoms with Crippen LogP contribution in [0, 0.1) is 13.8 Å². The van der Waals surface area contributed by atoms with Gasteiger partial charge < -0.3 is 9.84 Å².